The highest BCUT2D eigenvalue weighted by Crippen LogP contribution is 2.40. The monoisotopic (exact) mass is 422 g/mol. The van der Waals surface area contributed by atoms with Gasteiger partial charge in [-0.2, -0.15) is 0 Å². The molecule has 0 bridgehead atoms. The lowest BCUT2D eigenvalue weighted by atomic mass is 9.83. The third-order valence-electron chi connectivity index (χ3n) is 5.41. The average molecular weight is 422 g/mol. The molecule has 4 aromatic rings. The van der Waals surface area contributed by atoms with Crippen LogP contribution in [0.25, 0.3) is 10.8 Å². The van der Waals surface area contributed by atoms with Crippen molar-refractivity contribution in [3.05, 3.63) is 101 Å². The zero-order valence-electron chi connectivity index (χ0n) is 16.4. The van der Waals surface area contributed by atoms with Crippen LogP contribution in [0.5, 0.6) is 5.75 Å². The average Bonchev–Trinajstić information content (AvgIpc) is 2.81. The van der Waals surface area contributed by atoms with E-state index >= 15 is 0 Å². The number of carboxylic acid groups (broad SMARTS) is 1. The first-order chi connectivity index (χ1) is 15.5. The summed E-state index contributed by atoms with van der Waals surface area (Å²) in [5.74, 6) is -2.47. The molecule has 1 aliphatic rings. The molecular weight excluding hydrogens is 408 g/mol. The van der Waals surface area contributed by atoms with Crippen molar-refractivity contribution in [2.45, 2.75) is 0 Å². The smallest absolute Gasteiger partial charge is 0.339 e. The number of rotatable bonds is 3. The van der Waals surface area contributed by atoms with Crippen molar-refractivity contribution >= 4 is 39.7 Å². The Morgan fingerprint density at radius 1 is 0.750 bits per heavy atom. The van der Waals surface area contributed by atoms with E-state index in [2.05, 4.69) is 10.2 Å². The van der Waals surface area contributed by atoms with Crippen LogP contribution < -0.4 is 0 Å². The van der Waals surface area contributed by atoms with Crippen LogP contribution in [0.15, 0.2) is 83.0 Å². The maximum atomic E-state index is 13.1. The third-order valence-corrected chi connectivity index (χ3v) is 5.41. The summed E-state index contributed by atoms with van der Waals surface area (Å²) in [6.45, 7) is 0. The largest absolute Gasteiger partial charge is 0.505 e. The Kier molecular flexibility index (Phi) is 4.37. The summed E-state index contributed by atoms with van der Waals surface area (Å²) in [6, 6.07) is 19.5. The van der Waals surface area contributed by atoms with Gasteiger partial charge in [-0.1, -0.05) is 60.7 Å². The van der Waals surface area contributed by atoms with E-state index in [9.17, 15) is 24.6 Å². The number of benzene rings is 4. The van der Waals surface area contributed by atoms with Crippen molar-refractivity contribution in [2.75, 3.05) is 0 Å². The van der Waals surface area contributed by atoms with Crippen LogP contribution in [0, 0.1) is 0 Å². The van der Waals surface area contributed by atoms with E-state index in [1.165, 1.54) is 6.07 Å². The van der Waals surface area contributed by atoms with Crippen LogP contribution in [-0.2, 0) is 0 Å². The quantitative estimate of drug-likeness (QED) is 0.376. The molecule has 0 fully saturated rings. The first kappa shape index (κ1) is 19.3. The van der Waals surface area contributed by atoms with E-state index < -0.39 is 11.7 Å². The minimum Gasteiger partial charge on any atom is -0.505 e. The molecule has 0 saturated carbocycles. The standard InChI is InChI=1S/C25H14N2O5/c28-22-15-8-3-4-9-16(15)23(29)20-17(22)10-5-11-19(20)26-27-21-14-7-2-1-6-13(14)12-18(24(21)30)25(31)32/h1-12,30H,(H,31,32). The van der Waals surface area contributed by atoms with Crippen molar-refractivity contribution in [2.24, 2.45) is 10.2 Å². The molecule has 4 aromatic carbocycles. The molecule has 0 radical (unpaired) electrons. The Bertz CT molecular complexity index is 1500. The van der Waals surface area contributed by atoms with Crippen molar-refractivity contribution < 1.29 is 24.6 Å². The second kappa shape index (κ2) is 7.24. The van der Waals surface area contributed by atoms with Crippen LogP contribution in [0.1, 0.15) is 42.2 Å². The molecule has 7 nitrogen and oxygen atoms in total. The molecule has 0 heterocycles. The summed E-state index contributed by atoms with van der Waals surface area (Å²) in [5, 5.41) is 29.3. The molecule has 2 N–H and O–H groups in total. The number of carbonyl (C=O) groups excluding carboxylic acids is 2. The molecule has 0 amide bonds. The van der Waals surface area contributed by atoms with Crippen LogP contribution in [0.4, 0.5) is 11.4 Å². The molecule has 5 rings (SSSR count). The lowest BCUT2D eigenvalue weighted by molar-refractivity contribution is 0.0693. The van der Waals surface area contributed by atoms with Gasteiger partial charge in [-0.15, -0.1) is 10.2 Å². The molecule has 0 spiro atoms. The Morgan fingerprint density at radius 2 is 1.41 bits per heavy atom. The maximum Gasteiger partial charge on any atom is 0.339 e. The number of hydrogen-bond acceptors (Lipinski definition) is 6. The lowest BCUT2D eigenvalue weighted by Gasteiger charge is -2.18. The van der Waals surface area contributed by atoms with Gasteiger partial charge in [-0.3, -0.25) is 9.59 Å². The Morgan fingerprint density at radius 3 is 2.16 bits per heavy atom. The summed E-state index contributed by atoms with van der Waals surface area (Å²) in [7, 11) is 0. The fraction of sp³-hybridized carbons (Fsp3) is 0. The summed E-state index contributed by atoms with van der Waals surface area (Å²) in [5.41, 5.74) is 0.767. The molecule has 32 heavy (non-hydrogen) atoms. The van der Waals surface area contributed by atoms with E-state index in [-0.39, 0.29) is 45.2 Å². The van der Waals surface area contributed by atoms with Gasteiger partial charge < -0.3 is 10.2 Å². The second-order valence-electron chi connectivity index (χ2n) is 7.25. The Hall–Kier alpha value is -4.65. The summed E-state index contributed by atoms with van der Waals surface area (Å²) >= 11 is 0. The Balaban J connectivity index is 1.69. The second-order valence-corrected chi connectivity index (χ2v) is 7.25. The van der Waals surface area contributed by atoms with Gasteiger partial charge in [-0.25, -0.2) is 4.79 Å². The van der Waals surface area contributed by atoms with Crippen molar-refractivity contribution in [1.29, 1.82) is 0 Å². The number of hydrogen-bond donors (Lipinski definition) is 2. The van der Waals surface area contributed by atoms with E-state index in [0.29, 0.717) is 16.3 Å². The topological polar surface area (TPSA) is 116 Å². The molecule has 0 atom stereocenters. The van der Waals surface area contributed by atoms with Gasteiger partial charge >= 0.3 is 5.97 Å². The maximum absolute atomic E-state index is 13.1. The van der Waals surface area contributed by atoms with Gasteiger partial charge in [0.25, 0.3) is 0 Å². The minimum atomic E-state index is -1.31. The number of nitrogens with zero attached hydrogens (tertiary/aromatic N) is 2. The third kappa shape index (κ3) is 2.87. The summed E-state index contributed by atoms with van der Waals surface area (Å²) < 4.78 is 0. The van der Waals surface area contributed by atoms with E-state index in [4.69, 9.17) is 0 Å². The van der Waals surface area contributed by atoms with Crippen LogP contribution in [0.2, 0.25) is 0 Å². The molecule has 1 aliphatic carbocycles. The highest BCUT2D eigenvalue weighted by Gasteiger charge is 2.31. The number of phenols is 1. The first-order valence-electron chi connectivity index (χ1n) is 9.68. The summed E-state index contributed by atoms with van der Waals surface area (Å²) in [6.07, 6.45) is 0. The minimum absolute atomic E-state index is 0.0342. The molecule has 0 aliphatic heterocycles. The number of aromatic hydroxyl groups is 1. The van der Waals surface area contributed by atoms with Gasteiger partial charge in [0.05, 0.1) is 11.3 Å². The zero-order chi connectivity index (χ0) is 22.4. The van der Waals surface area contributed by atoms with Crippen molar-refractivity contribution in [3.8, 4) is 5.75 Å². The Labute approximate surface area is 181 Å². The van der Waals surface area contributed by atoms with Crippen LogP contribution >= 0.6 is 0 Å². The number of carboxylic acids is 1. The van der Waals surface area contributed by atoms with Gasteiger partial charge in [0.1, 0.15) is 11.3 Å². The number of ketones is 2. The zero-order valence-corrected chi connectivity index (χ0v) is 16.4. The fourth-order valence-corrected chi connectivity index (χ4v) is 3.90. The van der Waals surface area contributed by atoms with Gasteiger partial charge in [0.15, 0.2) is 17.3 Å². The molecule has 0 saturated heterocycles. The molecule has 7 heteroatoms. The SMILES string of the molecule is O=C(O)c1cc2ccccc2c(N=Nc2cccc3c2C(=O)c2ccccc2C3=O)c1O. The molecule has 0 aromatic heterocycles. The number of carbonyl (C=O) groups is 3. The predicted molar refractivity (Wildman–Crippen MR) is 116 cm³/mol. The van der Waals surface area contributed by atoms with Gasteiger partial charge in [-0.05, 0) is 17.5 Å². The highest BCUT2D eigenvalue weighted by molar-refractivity contribution is 6.30. The first-order valence-corrected chi connectivity index (χ1v) is 9.68. The van der Waals surface area contributed by atoms with Gasteiger partial charge in [0.2, 0.25) is 0 Å². The normalized spacial score (nSPS) is 12.8. The number of fused-ring (bicyclic) bond motifs is 3. The number of azo groups is 1. The van der Waals surface area contributed by atoms with Crippen molar-refractivity contribution in [1.82, 2.24) is 0 Å². The van der Waals surface area contributed by atoms with E-state index in [0.717, 1.165) is 0 Å². The summed E-state index contributed by atoms with van der Waals surface area (Å²) in [4.78, 5) is 37.6. The van der Waals surface area contributed by atoms with Crippen LogP contribution in [0.3, 0.4) is 0 Å². The molecular formula is C25H14N2O5. The predicted octanol–water partition coefficient (Wildman–Crippen LogP) is 5.43. The molecule has 0 unspecified atom stereocenters. The lowest BCUT2D eigenvalue weighted by Crippen LogP contribution is -2.20. The number of aromatic carboxylic acids is 1. The van der Waals surface area contributed by atoms with Crippen molar-refractivity contribution in [3.63, 3.8) is 0 Å². The van der Waals surface area contributed by atoms with E-state index in [1.807, 2.05) is 0 Å². The highest BCUT2D eigenvalue weighted by atomic mass is 16.4. The van der Waals surface area contributed by atoms with E-state index in [1.54, 1.807) is 66.7 Å². The molecule has 154 valence electrons. The fourth-order valence-electron chi connectivity index (χ4n) is 3.90. The van der Waals surface area contributed by atoms with Gasteiger partial charge in [0, 0.05) is 22.1 Å². The van der Waals surface area contributed by atoms with Crippen LogP contribution in [-0.4, -0.2) is 27.7 Å².